The topological polar surface area (TPSA) is 90.2 Å². The summed E-state index contributed by atoms with van der Waals surface area (Å²) in [7, 11) is 4.79. The molecule has 5 rings (SSSR count). The molecule has 0 atom stereocenters. The molecule has 2 amide bonds. The Balaban J connectivity index is 1.25. The first kappa shape index (κ1) is 25.0. The molecule has 194 valence electrons. The molecule has 1 N–H and O–H groups in total. The van der Waals surface area contributed by atoms with Gasteiger partial charge in [-0.15, -0.1) is 0 Å². The van der Waals surface area contributed by atoms with Crippen molar-refractivity contribution in [2.24, 2.45) is 0 Å². The number of fused-ring (bicyclic) bond motifs is 1. The van der Waals surface area contributed by atoms with E-state index in [2.05, 4.69) is 5.32 Å². The first-order valence-corrected chi connectivity index (χ1v) is 12.2. The van der Waals surface area contributed by atoms with Crippen LogP contribution >= 0.6 is 0 Å². The van der Waals surface area contributed by atoms with Crippen LogP contribution in [-0.4, -0.2) is 44.6 Å². The predicted octanol–water partition coefficient (Wildman–Crippen LogP) is 5.42. The van der Waals surface area contributed by atoms with Crippen molar-refractivity contribution in [2.75, 3.05) is 33.2 Å². The number of anilines is 1. The monoisotopic (exact) mass is 512 g/mol. The van der Waals surface area contributed by atoms with E-state index in [0.717, 1.165) is 23.1 Å². The molecule has 1 aromatic heterocycles. The summed E-state index contributed by atoms with van der Waals surface area (Å²) < 4.78 is 21.9. The van der Waals surface area contributed by atoms with Crippen LogP contribution in [0.3, 0.4) is 0 Å². The van der Waals surface area contributed by atoms with Gasteiger partial charge in [0.15, 0.2) is 17.3 Å². The molecule has 8 nitrogen and oxygen atoms in total. The maximum absolute atomic E-state index is 13.2. The second kappa shape index (κ2) is 10.7. The Kier molecular flexibility index (Phi) is 7.04. The Hall–Kier alpha value is -4.72. The largest absolute Gasteiger partial charge is 0.497 e. The molecule has 2 heterocycles. The summed E-state index contributed by atoms with van der Waals surface area (Å²) in [5.41, 5.74) is 4.15. The van der Waals surface area contributed by atoms with Gasteiger partial charge in [-0.05, 0) is 90.3 Å². The number of nitrogens with zero attached hydrogens (tertiary/aromatic N) is 1. The van der Waals surface area contributed by atoms with Crippen LogP contribution in [0.15, 0.2) is 77.2 Å². The first-order chi connectivity index (χ1) is 18.5. The maximum Gasteiger partial charge on any atom is 0.289 e. The number of carbonyl (C=O) groups is 2. The highest BCUT2D eigenvalue weighted by atomic mass is 16.5. The molecule has 0 saturated heterocycles. The van der Waals surface area contributed by atoms with Crippen molar-refractivity contribution in [3.05, 3.63) is 95.2 Å². The van der Waals surface area contributed by atoms with Gasteiger partial charge in [0.1, 0.15) is 11.5 Å². The fourth-order valence-electron chi connectivity index (χ4n) is 4.48. The molecule has 1 aliphatic rings. The maximum atomic E-state index is 13.2. The summed E-state index contributed by atoms with van der Waals surface area (Å²) in [6.07, 6.45) is 0.721. The summed E-state index contributed by atoms with van der Waals surface area (Å²) in [6, 6.07) is 21.5. The molecule has 1 aliphatic heterocycles. The van der Waals surface area contributed by atoms with Gasteiger partial charge >= 0.3 is 0 Å². The lowest BCUT2D eigenvalue weighted by Crippen LogP contribution is -2.35. The van der Waals surface area contributed by atoms with Crippen LogP contribution < -0.4 is 19.5 Å². The lowest BCUT2D eigenvalue weighted by Gasteiger charge is -2.29. The fourth-order valence-corrected chi connectivity index (χ4v) is 4.48. The third-order valence-corrected chi connectivity index (χ3v) is 6.60. The normalized spacial score (nSPS) is 12.4. The summed E-state index contributed by atoms with van der Waals surface area (Å²) >= 11 is 0. The van der Waals surface area contributed by atoms with Crippen LogP contribution in [0.25, 0.3) is 11.3 Å². The van der Waals surface area contributed by atoms with Crippen molar-refractivity contribution < 1.29 is 28.2 Å². The van der Waals surface area contributed by atoms with Gasteiger partial charge in [0.2, 0.25) is 0 Å². The molecule has 3 aromatic carbocycles. The van der Waals surface area contributed by atoms with Crippen LogP contribution in [0.2, 0.25) is 0 Å². The number of benzene rings is 3. The van der Waals surface area contributed by atoms with Gasteiger partial charge < -0.3 is 28.8 Å². The molecule has 0 aliphatic carbocycles. The lowest BCUT2D eigenvalue weighted by atomic mass is 9.98. The van der Waals surface area contributed by atoms with Crippen molar-refractivity contribution in [2.45, 2.75) is 13.0 Å². The van der Waals surface area contributed by atoms with Gasteiger partial charge in [0.05, 0.1) is 21.3 Å². The molecule has 0 radical (unpaired) electrons. The van der Waals surface area contributed by atoms with E-state index in [1.165, 1.54) is 0 Å². The quantitative estimate of drug-likeness (QED) is 0.356. The number of nitrogens with one attached hydrogen (secondary N) is 1. The number of rotatable bonds is 7. The minimum Gasteiger partial charge on any atom is -0.497 e. The van der Waals surface area contributed by atoms with Crippen molar-refractivity contribution >= 4 is 17.5 Å². The van der Waals surface area contributed by atoms with Crippen LogP contribution in [0, 0.1) is 0 Å². The van der Waals surface area contributed by atoms with Gasteiger partial charge in [-0.3, -0.25) is 9.59 Å². The van der Waals surface area contributed by atoms with E-state index in [4.69, 9.17) is 18.6 Å². The van der Waals surface area contributed by atoms with Crippen LogP contribution in [0.5, 0.6) is 17.2 Å². The molecule has 0 saturated carbocycles. The first-order valence-electron chi connectivity index (χ1n) is 12.2. The number of furan rings is 1. The Bertz CT molecular complexity index is 1460. The number of methoxy groups -OCH3 is 3. The summed E-state index contributed by atoms with van der Waals surface area (Å²) in [5, 5.41) is 2.88. The van der Waals surface area contributed by atoms with E-state index in [-0.39, 0.29) is 17.6 Å². The highest BCUT2D eigenvalue weighted by Gasteiger charge is 2.25. The van der Waals surface area contributed by atoms with Crippen molar-refractivity contribution in [1.29, 1.82) is 0 Å². The molecular formula is C30H28N2O6. The zero-order valence-corrected chi connectivity index (χ0v) is 21.4. The van der Waals surface area contributed by atoms with E-state index < -0.39 is 0 Å². The Morgan fingerprint density at radius 3 is 2.16 bits per heavy atom. The molecule has 0 bridgehead atoms. The minimum atomic E-state index is -0.217. The third kappa shape index (κ3) is 5.06. The Labute approximate surface area is 220 Å². The van der Waals surface area contributed by atoms with Gasteiger partial charge in [-0.1, -0.05) is 0 Å². The molecule has 0 unspecified atom stereocenters. The fraction of sp³-hybridized carbons (Fsp3) is 0.200. The lowest BCUT2D eigenvalue weighted by molar-refractivity contribution is 0.0703. The summed E-state index contributed by atoms with van der Waals surface area (Å²) in [6.45, 7) is 1.05. The zero-order valence-electron chi connectivity index (χ0n) is 21.4. The number of ether oxygens (including phenoxy) is 3. The van der Waals surface area contributed by atoms with Gasteiger partial charge in [-0.2, -0.15) is 0 Å². The van der Waals surface area contributed by atoms with Crippen molar-refractivity contribution in [1.82, 2.24) is 4.90 Å². The van der Waals surface area contributed by atoms with E-state index >= 15 is 0 Å². The average Bonchev–Trinajstić information content (AvgIpc) is 3.46. The van der Waals surface area contributed by atoms with Gasteiger partial charge in [0, 0.05) is 29.9 Å². The standard InChI is InChI=1S/C30H28N2O6/c1-35-24-10-6-20(7-11-24)29(33)31-23-8-4-19(5-9-23)25-12-13-26(38-25)30(34)32-15-14-21-16-27(36-2)28(37-3)17-22(21)18-32/h4-13,16-17H,14-15,18H2,1-3H3,(H,31,33). The highest BCUT2D eigenvalue weighted by molar-refractivity contribution is 6.04. The molecule has 0 fully saturated rings. The molecular weight excluding hydrogens is 484 g/mol. The smallest absolute Gasteiger partial charge is 0.289 e. The molecule has 38 heavy (non-hydrogen) atoms. The van der Waals surface area contributed by atoms with E-state index in [0.29, 0.717) is 47.3 Å². The van der Waals surface area contributed by atoms with E-state index in [1.807, 2.05) is 24.3 Å². The van der Waals surface area contributed by atoms with Gasteiger partial charge in [0.25, 0.3) is 11.8 Å². The second-order valence-electron chi connectivity index (χ2n) is 8.88. The van der Waals surface area contributed by atoms with Gasteiger partial charge in [-0.25, -0.2) is 0 Å². The second-order valence-corrected chi connectivity index (χ2v) is 8.88. The zero-order chi connectivity index (χ0) is 26.6. The summed E-state index contributed by atoms with van der Waals surface area (Å²) in [5.74, 6) is 2.49. The molecule has 4 aromatic rings. The van der Waals surface area contributed by atoms with Crippen LogP contribution in [-0.2, 0) is 13.0 Å². The molecule has 0 spiro atoms. The number of hydrogen-bond donors (Lipinski definition) is 1. The van der Waals surface area contributed by atoms with Crippen LogP contribution in [0.4, 0.5) is 5.69 Å². The number of amides is 2. The third-order valence-electron chi connectivity index (χ3n) is 6.60. The SMILES string of the molecule is COc1ccc(C(=O)Nc2ccc(-c3ccc(C(=O)N4CCc5cc(OC)c(OC)cc5C4)o3)cc2)cc1. The summed E-state index contributed by atoms with van der Waals surface area (Å²) in [4.78, 5) is 27.5. The highest BCUT2D eigenvalue weighted by Crippen LogP contribution is 2.34. The Morgan fingerprint density at radius 2 is 1.50 bits per heavy atom. The number of hydrogen-bond acceptors (Lipinski definition) is 6. The van der Waals surface area contributed by atoms with Crippen LogP contribution in [0.1, 0.15) is 32.0 Å². The minimum absolute atomic E-state index is 0.167. The predicted molar refractivity (Wildman–Crippen MR) is 143 cm³/mol. The average molecular weight is 513 g/mol. The molecule has 8 heteroatoms. The van der Waals surface area contributed by atoms with Crippen molar-refractivity contribution in [3.8, 4) is 28.6 Å². The Morgan fingerprint density at radius 1 is 0.816 bits per heavy atom. The number of carbonyl (C=O) groups excluding carboxylic acids is 2. The van der Waals surface area contributed by atoms with Crippen molar-refractivity contribution in [3.63, 3.8) is 0 Å². The van der Waals surface area contributed by atoms with E-state index in [1.54, 1.807) is 74.8 Å². The van der Waals surface area contributed by atoms with E-state index in [9.17, 15) is 9.59 Å².